The SMILES string of the molecule is COC1=Cc2ccccc2C(O)(C2CC2)c2cc(Br)sc21. The Kier molecular flexibility index (Phi) is 3.03. The van der Waals surface area contributed by atoms with Crippen molar-refractivity contribution < 1.29 is 9.84 Å². The maximum atomic E-state index is 11.6. The van der Waals surface area contributed by atoms with Gasteiger partial charge in [0, 0.05) is 5.56 Å². The van der Waals surface area contributed by atoms with E-state index < -0.39 is 5.60 Å². The summed E-state index contributed by atoms with van der Waals surface area (Å²) in [5.41, 5.74) is 2.10. The van der Waals surface area contributed by atoms with E-state index >= 15 is 0 Å². The fourth-order valence-electron chi connectivity index (χ4n) is 3.24. The summed E-state index contributed by atoms with van der Waals surface area (Å²) in [6.07, 6.45) is 4.18. The summed E-state index contributed by atoms with van der Waals surface area (Å²) in [7, 11) is 1.69. The molecule has 1 heterocycles. The highest BCUT2D eigenvalue weighted by Gasteiger charge is 2.50. The van der Waals surface area contributed by atoms with Crippen LogP contribution in [-0.4, -0.2) is 12.2 Å². The highest BCUT2D eigenvalue weighted by molar-refractivity contribution is 9.11. The summed E-state index contributed by atoms with van der Waals surface area (Å²) in [5, 5.41) is 11.6. The normalized spacial score (nSPS) is 23.9. The van der Waals surface area contributed by atoms with E-state index in [1.807, 2.05) is 36.4 Å². The van der Waals surface area contributed by atoms with Crippen LogP contribution in [0, 0.1) is 5.92 Å². The summed E-state index contributed by atoms with van der Waals surface area (Å²) < 4.78 is 6.62. The molecule has 0 spiro atoms. The van der Waals surface area contributed by atoms with E-state index in [0.29, 0.717) is 5.92 Å². The first kappa shape index (κ1) is 13.6. The highest BCUT2D eigenvalue weighted by atomic mass is 79.9. The molecule has 4 heteroatoms. The molecule has 2 aliphatic rings. The Balaban J connectivity index is 2.07. The van der Waals surface area contributed by atoms with Gasteiger partial charge >= 0.3 is 0 Å². The third-order valence-electron chi connectivity index (χ3n) is 4.38. The van der Waals surface area contributed by atoms with Crippen molar-refractivity contribution >= 4 is 39.1 Å². The van der Waals surface area contributed by atoms with Crippen molar-refractivity contribution in [3.8, 4) is 0 Å². The predicted molar refractivity (Wildman–Crippen MR) is 89.1 cm³/mol. The number of hydrogen-bond acceptors (Lipinski definition) is 3. The molecule has 108 valence electrons. The molecule has 4 rings (SSSR count). The molecule has 1 saturated carbocycles. The molecule has 1 fully saturated rings. The van der Waals surface area contributed by atoms with Gasteiger partial charge in [0.25, 0.3) is 0 Å². The fraction of sp³-hybridized carbons (Fsp3) is 0.294. The van der Waals surface area contributed by atoms with Gasteiger partial charge in [-0.3, -0.25) is 0 Å². The van der Waals surface area contributed by atoms with Gasteiger partial charge in [0.05, 0.1) is 15.8 Å². The van der Waals surface area contributed by atoms with Gasteiger partial charge < -0.3 is 9.84 Å². The number of ether oxygens (including phenoxy) is 1. The van der Waals surface area contributed by atoms with E-state index in [1.165, 1.54) is 0 Å². The fourth-order valence-corrected chi connectivity index (χ4v) is 4.90. The van der Waals surface area contributed by atoms with Crippen LogP contribution in [0.15, 0.2) is 34.1 Å². The van der Waals surface area contributed by atoms with Crippen LogP contribution in [0.1, 0.15) is 34.4 Å². The molecule has 0 amide bonds. The van der Waals surface area contributed by atoms with Crippen LogP contribution in [0.3, 0.4) is 0 Å². The van der Waals surface area contributed by atoms with Gasteiger partial charge in [0.1, 0.15) is 11.4 Å². The van der Waals surface area contributed by atoms with Gasteiger partial charge in [-0.2, -0.15) is 0 Å². The number of hydrogen-bond donors (Lipinski definition) is 1. The van der Waals surface area contributed by atoms with Gasteiger partial charge in [-0.15, -0.1) is 11.3 Å². The van der Waals surface area contributed by atoms with Gasteiger partial charge in [0.15, 0.2) is 0 Å². The standard InChI is InChI=1S/C17H15BrO2S/c1-20-14-8-10-4-2-3-5-12(10)17(19,11-6-7-11)13-9-15(18)21-16(13)14/h2-5,8-9,11,19H,6-7H2,1H3. The van der Waals surface area contributed by atoms with Crippen LogP contribution >= 0.6 is 27.3 Å². The molecular weight excluding hydrogens is 348 g/mol. The van der Waals surface area contributed by atoms with E-state index in [-0.39, 0.29) is 0 Å². The van der Waals surface area contributed by atoms with Crippen LogP contribution in [0.2, 0.25) is 0 Å². The maximum absolute atomic E-state index is 11.6. The zero-order valence-corrected chi connectivity index (χ0v) is 14.0. The molecule has 2 aromatic rings. The molecule has 1 aromatic carbocycles. The molecular formula is C17H15BrO2S. The summed E-state index contributed by atoms with van der Waals surface area (Å²) >= 11 is 5.18. The molecule has 1 unspecified atom stereocenters. The van der Waals surface area contributed by atoms with E-state index in [0.717, 1.165) is 44.0 Å². The summed E-state index contributed by atoms with van der Waals surface area (Å²) in [5.74, 6) is 1.12. The molecule has 1 aromatic heterocycles. The molecule has 2 aliphatic carbocycles. The second-order valence-electron chi connectivity index (χ2n) is 5.63. The van der Waals surface area contributed by atoms with Gasteiger partial charge in [-0.25, -0.2) is 0 Å². The average Bonchev–Trinajstić information content (AvgIpc) is 3.28. The van der Waals surface area contributed by atoms with Gasteiger partial charge in [-0.1, -0.05) is 24.3 Å². The predicted octanol–water partition coefficient (Wildman–Crippen LogP) is 4.61. The molecule has 0 aliphatic heterocycles. The maximum Gasteiger partial charge on any atom is 0.137 e. The smallest absolute Gasteiger partial charge is 0.137 e. The molecule has 0 radical (unpaired) electrons. The minimum absolute atomic E-state index is 0.295. The van der Waals surface area contributed by atoms with E-state index in [1.54, 1.807) is 18.4 Å². The van der Waals surface area contributed by atoms with Crippen LogP contribution in [0.4, 0.5) is 0 Å². The van der Waals surface area contributed by atoms with Crippen LogP contribution in [-0.2, 0) is 10.3 Å². The minimum atomic E-state index is -0.911. The van der Waals surface area contributed by atoms with Crippen molar-refractivity contribution in [2.75, 3.05) is 7.11 Å². The number of methoxy groups -OCH3 is 1. The third kappa shape index (κ3) is 1.93. The second kappa shape index (κ2) is 4.70. The van der Waals surface area contributed by atoms with Crippen molar-refractivity contribution in [1.29, 1.82) is 0 Å². The lowest BCUT2D eigenvalue weighted by Crippen LogP contribution is -2.30. The Morgan fingerprint density at radius 3 is 2.76 bits per heavy atom. The number of halogens is 1. The topological polar surface area (TPSA) is 29.5 Å². The number of thiophene rings is 1. The van der Waals surface area contributed by atoms with Crippen LogP contribution in [0.25, 0.3) is 11.8 Å². The summed E-state index contributed by atoms with van der Waals surface area (Å²) in [6, 6.07) is 10.1. The van der Waals surface area contributed by atoms with Crippen molar-refractivity contribution in [2.45, 2.75) is 18.4 Å². The van der Waals surface area contributed by atoms with E-state index in [4.69, 9.17) is 4.74 Å². The molecule has 2 nitrogen and oxygen atoms in total. The largest absolute Gasteiger partial charge is 0.495 e. The lowest BCUT2D eigenvalue weighted by molar-refractivity contribution is 0.0564. The molecule has 0 saturated heterocycles. The Morgan fingerprint density at radius 2 is 2.05 bits per heavy atom. The van der Waals surface area contributed by atoms with Crippen molar-refractivity contribution in [3.05, 3.63) is 55.7 Å². The number of fused-ring (bicyclic) bond motifs is 2. The lowest BCUT2D eigenvalue weighted by Gasteiger charge is -2.29. The third-order valence-corrected chi connectivity index (χ3v) is 6.04. The monoisotopic (exact) mass is 362 g/mol. The minimum Gasteiger partial charge on any atom is -0.495 e. The first-order valence-corrected chi connectivity index (χ1v) is 8.63. The number of aliphatic hydroxyl groups is 1. The Morgan fingerprint density at radius 1 is 1.29 bits per heavy atom. The zero-order valence-electron chi connectivity index (χ0n) is 11.6. The Labute approximate surface area is 136 Å². The average molecular weight is 363 g/mol. The van der Waals surface area contributed by atoms with Crippen molar-refractivity contribution in [2.24, 2.45) is 5.92 Å². The number of rotatable bonds is 2. The summed E-state index contributed by atoms with van der Waals surface area (Å²) in [4.78, 5) is 1.02. The van der Waals surface area contributed by atoms with E-state index in [2.05, 4.69) is 15.9 Å². The van der Waals surface area contributed by atoms with Gasteiger partial charge in [0.2, 0.25) is 0 Å². The van der Waals surface area contributed by atoms with Crippen molar-refractivity contribution in [3.63, 3.8) is 0 Å². The first-order chi connectivity index (χ1) is 10.1. The Bertz CT molecular complexity index is 745. The van der Waals surface area contributed by atoms with E-state index in [9.17, 15) is 5.11 Å². The first-order valence-electron chi connectivity index (χ1n) is 7.02. The Hall–Kier alpha value is -1.10. The molecule has 0 bridgehead atoms. The van der Waals surface area contributed by atoms with Crippen LogP contribution in [0.5, 0.6) is 0 Å². The zero-order chi connectivity index (χ0) is 14.6. The van der Waals surface area contributed by atoms with Crippen molar-refractivity contribution in [1.82, 2.24) is 0 Å². The molecule has 1 N–H and O–H groups in total. The molecule has 1 atom stereocenters. The van der Waals surface area contributed by atoms with Gasteiger partial charge in [-0.05, 0) is 58.0 Å². The quantitative estimate of drug-likeness (QED) is 0.844. The second-order valence-corrected chi connectivity index (χ2v) is 8.07. The summed E-state index contributed by atoms with van der Waals surface area (Å²) in [6.45, 7) is 0. The number of benzene rings is 1. The molecule has 21 heavy (non-hydrogen) atoms. The highest BCUT2D eigenvalue weighted by Crippen LogP contribution is 2.55. The van der Waals surface area contributed by atoms with Crippen LogP contribution < -0.4 is 0 Å². The lowest BCUT2D eigenvalue weighted by atomic mass is 9.81.